The number of rotatable bonds is 4. The summed E-state index contributed by atoms with van der Waals surface area (Å²) in [5, 5.41) is 14.5. The number of sulfonamides is 1. The topological polar surface area (TPSA) is 115 Å². The lowest BCUT2D eigenvalue weighted by Gasteiger charge is -2.09. The maximum Gasteiger partial charge on any atom is 0.273 e. The van der Waals surface area contributed by atoms with E-state index in [0.29, 0.717) is 6.07 Å². The molecule has 22 heavy (non-hydrogen) atoms. The van der Waals surface area contributed by atoms with Crippen molar-refractivity contribution in [3.8, 4) is 0 Å². The number of nitrogens with zero attached hydrogens (tertiary/aromatic N) is 2. The van der Waals surface area contributed by atoms with Crippen molar-refractivity contribution in [2.24, 2.45) is 0 Å². The molecule has 0 aliphatic heterocycles. The van der Waals surface area contributed by atoms with Gasteiger partial charge in [-0.2, -0.15) is 0 Å². The summed E-state index contributed by atoms with van der Waals surface area (Å²) in [5.74, 6) is -0.884. The SMILES string of the molecule is Cc1cc(F)c(S(=O)(=O)Nc2c(C)noc2C)cc1[N+](=O)[O-]. The Kier molecular flexibility index (Phi) is 3.88. The van der Waals surface area contributed by atoms with Crippen LogP contribution in [0.2, 0.25) is 0 Å². The van der Waals surface area contributed by atoms with Gasteiger partial charge in [-0.3, -0.25) is 14.8 Å². The van der Waals surface area contributed by atoms with Crippen LogP contribution in [-0.2, 0) is 10.0 Å². The average Bonchev–Trinajstić information content (AvgIpc) is 2.69. The molecule has 2 rings (SSSR count). The first-order valence-corrected chi connectivity index (χ1v) is 7.52. The molecule has 1 N–H and O–H groups in total. The molecule has 1 aromatic carbocycles. The van der Waals surface area contributed by atoms with Gasteiger partial charge < -0.3 is 4.52 Å². The molecule has 10 heteroatoms. The second-order valence-electron chi connectivity index (χ2n) is 4.63. The summed E-state index contributed by atoms with van der Waals surface area (Å²) in [6.45, 7) is 4.30. The Balaban J connectivity index is 2.55. The second-order valence-corrected chi connectivity index (χ2v) is 6.28. The molecule has 0 radical (unpaired) electrons. The Bertz CT molecular complexity index is 840. The van der Waals surface area contributed by atoms with Gasteiger partial charge in [0, 0.05) is 11.6 Å². The molecule has 0 atom stereocenters. The molecule has 0 saturated heterocycles. The van der Waals surface area contributed by atoms with E-state index in [1.165, 1.54) is 20.8 Å². The molecule has 0 aliphatic carbocycles. The molecular formula is C12H12FN3O5S. The zero-order chi connectivity index (χ0) is 16.7. The molecule has 0 saturated carbocycles. The zero-order valence-corrected chi connectivity index (χ0v) is 12.7. The second kappa shape index (κ2) is 5.37. The third kappa shape index (κ3) is 2.77. The summed E-state index contributed by atoms with van der Waals surface area (Å²) in [6.07, 6.45) is 0. The molecule has 0 fully saturated rings. The fourth-order valence-corrected chi connectivity index (χ4v) is 3.12. The molecule has 0 aliphatic rings. The number of nitro benzene ring substituents is 1. The van der Waals surface area contributed by atoms with E-state index in [2.05, 4.69) is 9.88 Å². The number of benzene rings is 1. The summed E-state index contributed by atoms with van der Waals surface area (Å²) in [7, 11) is -4.36. The first-order valence-electron chi connectivity index (χ1n) is 6.03. The van der Waals surface area contributed by atoms with Crippen LogP contribution >= 0.6 is 0 Å². The van der Waals surface area contributed by atoms with Gasteiger partial charge in [0.2, 0.25) is 0 Å². The van der Waals surface area contributed by atoms with Crippen LogP contribution in [0.3, 0.4) is 0 Å². The van der Waals surface area contributed by atoms with E-state index in [1.807, 2.05) is 0 Å². The minimum absolute atomic E-state index is 0.0267. The van der Waals surface area contributed by atoms with Gasteiger partial charge in [0.1, 0.15) is 22.1 Å². The van der Waals surface area contributed by atoms with Gasteiger partial charge in [-0.25, -0.2) is 12.8 Å². The van der Waals surface area contributed by atoms with E-state index in [0.717, 1.165) is 6.07 Å². The van der Waals surface area contributed by atoms with E-state index >= 15 is 0 Å². The van der Waals surface area contributed by atoms with Gasteiger partial charge >= 0.3 is 0 Å². The van der Waals surface area contributed by atoms with Crippen LogP contribution in [0.5, 0.6) is 0 Å². The van der Waals surface area contributed by atoms with Crippen molar-refractivity contribution in [1.29, 1.82) is 0 Å². The first-order chi connectivity index (χ1) is 10.1. The molecule has 0 bridgehead atoms. The predicted molar refractivity (Wildman–Crippen MR) is 74.6 cm³/mol. The summed E-state index contributed by atoms with van der Waals surface area (Å²) >= 11 is 0. The molecule has 0 amide bonds. The lowest BCUT2D eigenvalue weighted by molar-refractivity contribution is -0.385. The van der Waals surface area contributed by atoms with Gasteiger partial charge in [-0.15, -0.1) is 0 Å². The number of hydrogen-bond acceptors (Lipinski definition) is 6. The lowest BCUT2D eigenvalue weighted by atomic mass is 10.2. The number of aryl methyl sites for hydroxylation is 3. The Morgan fingerprint density at radius 3 is 2.45 bits per heavy atom. The number of aromatic nitrogens is 1. The van der Waals surface area contributed by atoms with Crippen molar-refractivity contribution in [3.05, 3.63) is 45.1 Å². The number of halogens is 1. The maximum atomic E-state index is 13.9. The highest BCUT2D eigenvalue weighted by molar-refractivity contribution is 7.92. The molecule has 2 aromatic rings. The van der Waals surface area contributed by atoms with Crippen molar-refractivity contribution in [2.45, 2.75) is 25.7 Å². The van der Waals surface area contributed by atoms with E-state index in [1.54, 1.807) is 0 Å². The minimum atomic E-state index is -4.36. The number of hydrogen-bond donors (Lipinski definition) is 1. The summed E-state index contributed by atoms with van der Waals surface area (Å²) in [5.41, 5.74) is -0.120. The molecule has 118 valence electrons. The minimum Gasteiger partial charge on any atom is -0.359 e. The summed E-state index contributed by atoms with van der Waals surface area (Å²) in [6, 6.07) is 1.49. The van der Waals surface area contributed by atoms with Crippen LogP contribution in [0.1, 0.15) is 17.0 Å². The Labute approximate surface area is 125 Å². The largest absolute Gasteiger partial charge is 0.359 e. The van der Waals surface area contributed by atoms with Crippen LogP contribution in [-0.4, -0.2) is 18.5 Å². The fraction of sp³-hybridized carbons (Fsp3) is 0.250. The molecule has 0 spiro atoms. The first kappa shape index (κ1) is 15.9. The van der Waals surface area contributed by atoms with Gasteiger partial charge in [0.05, 0.1) is 4.92 Å². The highest BCUT2D eigenvalue weighted by Crippen LogP contribution is 2.28. The normalized spacial score (nSPS) is 11.5. The van der Waals surface area contributed by atoms with Gasteiger partial charge in [-0.05, 0) is 26.8 Å². The fourth-order valence-electron chi connectivity index (χ4n) is 1.86. The molecular weight excluding hydrogens is 317 g/mol. The standard InChI is InChI=1S/C12H12FN3O5S/c1-6-4-9(13)11(5-10(6)16(17)18)22(19,20)15-12-7(2)14-21-8(12)3/h4-5,15H,1-3H3. The van der Waals surface area contributed by atoms with Gasteiger partial charge in [0.25, 0.3) is 15.7 Å². The lowest BCUT2D eigenvalue weighted by Crippen LogP contribution is -2.16. The van der Waals surface area contributed by atoms with Gasteiger partial charge in [-0.1, -0.05) is 5.16 Å². The third-order valence-electron chi connectivity index (χ3n) is 3.01. The zero-order valence-electron chi connectivity index (χ0n) is 11.9. The van der Waals surface area contributed by atoms with Crippen LogP contribution in [0.15, 0.2) is 21.6 Å². The van der Waals surface area contributed by atoms with Crippen LogP contribution in [0, 0.1) is 36.7 Å². The maximum absolute atomic E-state index is 13.9. The summed E-state index contributed by atoms with van der Waals surface area (Å²) < 4.78 is 45.4. The highest BCUT2D eigenvalue weighted by Gasteiger charge is 2.26. The predicted octanol–water partition coefficient (Wildman–Crippen LogP) is 2.45. The highest BCUT2D eigenvalue weighted by atomic mass is 32.2. The average molecular weight is 329 g/mol. The van der Waals surface area contributed by atoms with E-state index in [-0.39, 0.29) is 22.7 Å². The van der Waals surface area contributed by atoms with Crippen molar-refractivity contribution < 1.29 is 22.3 Å². The van der Waals surface area contributed by atoms with Crippen LogP contribution < -0.4 is 4.72 Å². The van der Waals surface area contributed by atoms with Crippen LogP contribution in [0.4, 0.5) is 15.8 Å². The summed E-state index contributed by atoms with van der Waals surface area (Å²) in [4.78, 5) is 9.29. The Morgan fingerprint density at radius 2 is 1.95 bits per heavy atom. The quantitative estimate of drug-likeness (QED) is 0.680. The van der Waals surface area contributed by atoms with Crippen molar-refractivity contribution in [3.63, 3.8) is 0 Å². The number of nitro groups is 1. The molecule has 0 unspecified atom stereocenters. The van der Waals surface area contributed by atoms with Crippen LogP contribution in [0.25, 0.3) is 0 Å². The van der Waals surface area contributed by atoms with E-state index in [4.69, 9.17) is 4.52 Å². The molecule has 1 aromatic heterocycles. The van der Waals surface area contributed by atoms with Crippen molar-refractivity contribution >= 4 is 21.4 Å². The number of anilines is 1. The van der Waals surface area contributed by atoms with Crippen molar-refractivity contribution in [1.82, 2.24) is 5.16 Å². The Morgan fingerprint density at radius 1 is 1.32 bits per heavy atom. The smallest absolute Gasteiger partial charge is 0.273 e. The van der Waals surface area contributed by atoms with E-state index in [9.17, 15) is 22.9 Å². The van der Waals surface area contributed by atoms with E-state index < -0.39 is 31.3 Å². The molecule has 8 nitrogen and oxygen atoms in total. The third-order valence-corrected chi connectivity index (χ3v) is 4.37. The molecule has 1 heterocycles. The number of nitrogens with one attached hydrogen (secondary N) is 1. The van der Waals surface area contributed by atoms with Gasteiger partial charge in [0.15, 0.2) is 5.76 Å². The monoisotopic (exact) mass is 329 g/mol. The van der Waals surface area contributed by atoms with Crippen molar-refractivity contribution in [2.75, 3.05) is 4.72 Å². The Hall–Kier alpha value is -2.49.